The molecule has 35 heavy (non-hydrogen) atoms. The first-order valence-electron chi connectivity index (χ1n) is 12.2. The molecule has 0 heterocycles. The molecule has 2 aromatic carbocycles. The first-order chi connectivity index (χ1) is 16.5. The van der Waals surface area contributed by atoms with Crippen LogP contribution in [0.2, 0.25) is 0 Å². The van der Waals surface area contributed by atoms with Gasteiger partial charge in [0.15, 0.2) is 0 Å². The molecule has 1 fully saturated rings. The largest absolute Gasteiger partial charge is 0.439 e. The fraction of sp³-hybridized carbons (Fsp3) is 0.556. The smallest absolute Gasteiger partial charge is 0.430 e. The lowest BCUT2D eigenvalue weighted by Gasteiger charge is -2.29. The lowest BCUT2D eigenvalue weighted by Crippen LogP contribution is -2.45. The molecule has 3 rings (SSSR count). The van der Waals surface area contributed by atoms with Gasteiger partial charge in [0.1, 0.15) is 11.6 Å². The van der Waals surface area contributed by atoms with Crippen LogP contribution in [0.3, 0.4) is 0 Å². The minimum Gasteiger partial charge on any atom is -0.430 e. The summed E-state index contributed by atoms with van der Waals surface area (Å²) in [6, 6.07) is 9.38. The van der Waals surface area contributed by atoms with Crippen LogP contribution in [0.15, 0.2) is 42.5 Å². The van der Waals surface area contributed by atoms with Crippen LogP contribution >= 0.6 is 0 Å². The maximum absolute atomic E-state index is 14.9. The SMILES string of the molecule is CCCCCCC1CCC(c2ccc(-c3ccc(OC(F)(F)C(F)C(F)(F)F)cc3)c(F)c2)CC1. The Morgan fingerprint density at radius 1 is 0.886 bits per heavy atom. The molecule has 0 bridgehead atoms. The predicted molar refractivity (Wildman–Crippen MR) is 122 cm³/mol. The van der Waals surface area contributed by atoms with Crippen molar-refractivity contribution in [1.82, 2.24) is 0 Å². The van der Waals surface area contributed by atoms with E-state index in [1.807, 2.05) is 6.07 Å². The van der Waals surface area contributed by atoms with Crippen LogP contribution in [0, 0.1) is 11.7 Å². The van der Waals surface area contributed by atoms with E-state index < -0.39 is 30.0 Å². The van der Waals surface area contributed by atoms with E-state index in [4.69, 9.17) is 0 Å². The monoisotopic (exact) mass is 504 g/mol. The zero-order valence-electron chi connectivity index (χ0n) is 19.7. The van der Waals surface area contributed by atoms with Crippen LogP contribution in [0.5, 0.6) is 5.75 Å². The van der Waals surface area contributed by atoms with E-state index in [1.54, 1.807) is 6.07 Å². The third-order valence-electron chi connectivity index (χ3n) is 6.78. The second-order valence-electron chi connectivity index (χ2n) is 9.40. The Hall–Kier alpha value is -2.25. The first-order valence-corrected chi connectivity index (χ1v) is 12.2. The van der Waals surface area contributed by atoms with Crippen LogP contribution in [0.1, 0.15) is 76.2 Å². The molecule has 0 radical (unpaired) electrons. The second kappa shape index (κ2) is 11.7. The summed E-state index contributed by atoms with van der Waals surface area (Å²) in [4.78, 5) is 0. The van der Waals surface area contributed by atoms with Gasteiger partial charge in [0, 0.05) is 5.56 Å². The van der Waals surface area contributed by atoms with E-state index in [9.17, 15) is 30.7 Å². The fourth-order valence-electron chi connectivity index (χ4n) is 4.77. The molecule has 1 saturated carbocycles. The molecule has 1 nitrogen and oxygen atoms in total. The van der Waals surface area contributed by atoms with E-state index in [0.29, 0.717) is 11.5 Å². The van der Waals surface area contributed by atoms with Crippen molar-refractivity contribution in [2.45, 2.75) is 89.1 Å². The molecule has 0 aromatic heterocycles. The van der Waals surface area contributed by atoms with Crippen molar-refractivity contribution in [3.05, 3.63) is 53.8 Å². The normalized spacial score (nSPS) is 20.0. The summed E-state index contributed by atoms with van der Waals surface area (Å²) in [5.74, 6) is -0.0897. The number of hydrogen-bond donors (Lipinski definition) is 0. The van der Waals surface area contributed by atoms with Gasteiger partial charge in [-0.25, -0.2) is 8.78 Å². The van der Waals surface area contributed by atoms with Crippen molar-refractivity contribution in [3.63, 3.8) is 0 Å². The van der Waals surface area contributed by atoms with Crippen LogP contribution in [0.4, 0.5) is 30.7 Å². The molecule has 0 N–H and O–H groups in total. The lowest BCUT2D eigenvalue weighted by atomic mass is 9.77. The molecule has 1 aliphatic carbocycles. The molecule has 1 atom stereocenters. The van der Waals surface area contributed by atoms with E-state index >= 15 is 0 Å². The van der Waals surface area contributed by atoms with Gasteiger partial charge in [0.25, 0.3) is 6.17 Å². The van der Waals surface area contributed by atoms with Crippen LogP contribution < -0.4 is 4.74 Å². The van der Waals surface area contributed by atoms with E-state index in [-0.39, 0.29) is 5.56 Å². The summed E-state index contributed by atoms with van der Waals surface area (Å²) in [5.41, 5.74) is 1.50. The molecule has 194 valence electrons. The number of alkyl halides is 6. The molecule has 0 saturated heterocycles. The number of benzene rings is 2. The van der Waals surface area contributed by atoms with Crippen molar-refractivity contribution in [2.75, 3.05) is 0 Å². The minimum atomic E-state index is -5.76. The summed E-state index contributed by atoms with van der Waals surface area (Å²) < 4.78 is 95.5. The van der Waals surface area contributed by atoms with Gasteiger partial charge in [0.05, 0.1) is 0 Å². The van der Waals surface area contributed by atoms with E-state index in [0.717, 1.165) is 49.3 Å². The first kappa shape index (κ1) is 27.3. The number of unbranched alkanes of at least 4 members (excludes halogenated alkanes) is 3. The summed E-state index contributed by atoms with van der Waals surface area (Å²) in [7, 11) is 0. The highest BCUT2D eigenvalue weighted by atomic mass is 19.4. The summed E-state index contributed by atoms with van der Waals surface area (Å²) >= 11 is 0. The van der Waals surface area contributed by atoms with Gasteiger partial charge in [-0.05, 0) is 66.8 Å². The van der Waals surface area contributed by atoms with Gasteiger partial charge in [-0.2, -0.15) is 22.0 Å². The van der Waals surface area contributed by atoms with Gasteiger partial charge < -0.3 is 4.74 Å². The average Bonchev–Trinajstić information content (AvgIpc) is 2.81. The Kier molecular flexibility index (Phi) is 9.11. The highest BCUT2D eigenvalue weighted by molar-refractivity contribution is 5.65. The van der Waals surface area contributed by atoms with Crippen molar-refractivity contribution < 1.29 is 35.5 Å². The van der Waals surface area contributed by atoms with Crippen molar-refractivity contribution in [1.29, 1.82) is 0 Å². The van der Waals surface area contributed by atoms with Gasteiger partial charge in [-0.15, -0.1) is 0 Å². The summed E-state index contributed by atoms with van der Waals surface area (Å²) in [5, 5.41) is 0. The van der Waals surface area contributed by atoms with Crippen LogP contribution in [-0.4, -0.2) is 18.5 Å². The number of ether oxygens (including phenoxy) is 1. The topological polar surface area (TPSA) is 9.23 Å². The zero-order chi connectivity index (χ0) is 25.6. The Labute approximate surface area is 201 Å². The fourth-order valence-corrected chi connectivity index (χ4v) is 4.77. The average molecular weight is 505 g/mol. The molecule has 8 heteroatoms. The zero-order valence-corrected chi connectivity index (χ0v) is 19.7. The summed E-state index contributed by atoms with van der Waals surface area (Å²) in [6.45, 7) is 2.20. The number of hydrogen-bond acceptors (Lipinski definition) is 1. The lowest BCUT2D eigenvalue weighted by molar-refractivity contribution is -0.304. The third-order valence-corrected chi connectivity index (χ3v) is 6.78. The molecule has 2 aromatic rings. The molecule has 1 unspecified atom stereocenters. The predicted octanol–water partition coefficient (Wildman–Crippen LogP) is 9.61. The van der Waals surface area contributed by atoms with Gasteiger partial charge in [-0.3, -0.25) is 0 Å². The van der Waals surface area contributed by atoms with Crippen molar-refractivity contribution in [3.8, 4) is 16.9 Å². The minimum absolute atomic E-state index is 0.232. The van der Waals surface area contributed by atoms with Crippen LogP contribution in [0.25, 0.3) is 11.1 Å². The Balaban J connectivity index is 1.60. The number of halogens is 7. The maximum atomic E-state index is 14.9. The molecule has 0 spiro atoms. The quantitative estimate of drug-likeness (QED) is 0.231. The van der Waals surface area contributed by atoms with E-state index in [1.165, 1.54) is 50.3 Å². The Morgan fingerprint density at radius 3 is 2.11 bits per heavy atom. The summed E-state index contributed by atoms with van der Waals surface area (Å²) in [6.07, 6.45) is -4.68. The molecular formula is C27H31F7O. The molecular weight excluding hydrogens is 473 g/mol. The highest BCUT2D eigenvalue weighted by Gasteiger charge is 2.59. The highest BCUT2D eigenvalue weighted by Crippen LogP contribution is 2.40. The molecule has 1 aliphatic rings. The Morgan fingerprint density at radius 2 is 1.54 bits per heavy atom. The third kappa shape index (κ3) is 7.37. The second-order valence-corrected chi connectivity index (χ2v) is 9.40. The van der Waals surface area contributed by atoms with Crippen LogP contribution in [-0.2, 0) is 0 Å². The van der Waals surface area contributed by atoms with Gasteiger partial charge >= 0.3 is 12.3 Å². The molecule has 0 amide bonds. The van der Waals surface area contributed by atoms with Gasteiger partial charge in [0.2, 0.25) is 0 Å². The van der Waals surface area contributed by atoms with Crippen molar-refractivity contribution >= 4 is 0 Å². The van der Waals surface area contributed by atoms with Gasteiger partial charge in [-0.1, -0.05) is 63.3 Å². The maximum Gasteiger partial charge on any atom is 0.439 e. The standard InChI is InChI=1S/C27H31F7O/c1-2-3-4-5-6-18-7-9-19(10-8-18)21-13-16-23(24(28)17-21)20-11-14-22(15-12-20)35-27(33,34)25(29)26(30,31)32/h11-19,25H,2-10H2,1H3. The molecule has 0 aliphatic heterocycles. The Bertz CT molecular complexity index is 932. The van der Waals surface area contributed by atoms with E-state index in [2.05, 4.69) is 11.7 Å². The van der Waals surface area contributed by atoms with Crippen molar-refractivity contribution in [2.24, 2.45) is 5.92 Å². The number of rotatable bonds is 10.